The van der Waals surface area contributed by atoms with Crippen LogP contribution < -0.4 is 9.62 Å². The number of hydrogen-bond donors (Lipinski definition) is 1. The largest absolute Gasteiger partial charge is 0.355 e. The fraction of sp³-hybridized carbons (Fsp3) is 0.391. The van der Waals surface area contributed by atoms with Crippen LogP contribution in [0.1, 0.15) is 31.4 Å². The zero-order valence-corrected chi connectivity index (χ0v) is 20.4. The number of halogens is 1. The molecule has 0 bridgehead atoms. The van der Waals surface area contributed by atoms with E-state index in [1.165, 1.54) is 4.90 Å². The lowest BCUT2D eigenvalue weighted by molar-refractivity contribution is -0.140. The van der Waals surface area contributed by atoms with Gasteiger partial charge in [0.1, 0.15) is 12.6 Å². The molecule has 2 amide bonds. The van der Waals surface area contributed by atoms with Crippen molar-refractivity contribution in [3.05, 3.63) is 64.7 Å². The lowest BCUT2D eigenvalue weighted by Gasteiger charge is -2.33. The number of nitrogens with one attached hydrogen (secondary N) is 1. The molecule has 0 saturated carbocycles. The van der Waals surface area contributed by atoms with E-state index in [1.54, 1.807) is 32.0 Å². The maximum atomic E-state index is 13.5. The van der Waals surface area contributed by atoms with Crippen LogP contribution >= 0.6 is 11.6 Å². The summed E-state index contributed by atoms with van der Waals surface area (Å²) in [6.07, 6.45) is 1.43. The Bertz CT molecular complexity index is 1040. The van der Waals surface area contributed by atoms with Crippen molar-refractivity contribution in [3.63, 3.8) is 0 Å². The minimum absolute atomic E-state index is 0.182. The molecule has 1 unspecified atom stereocenters. The van der Waals surface area contributed by atoms with E-state index in [-0.39, 0.29) is 12.5 Å². The van der Waals surface area contributed by atoms with Crippen molar-refractivity contribution in [2.45, 2.75) is 39.8 Å². The molecule has 1 N–H and O–H groups in total. The van der Waals surface area contributed by atoms with Crippen molar-refractivity contribution < 1.29 is 18.0 Å². The average molecular weight is 480 g/mol. The highest BCUT2D eigenvalue weighted by Gasteiger charge is 2.32. The van der Waals surface area contributed by atoms with Crippen molar-refractivity contribution >= 4 is 39.1 Å². The summed E-state index contributed by atoms with van der Waals surface area (Å²) in [6, 6.07) is 13.5. The van der Waals surface area contributed by atoms with Gasteiger partial charge in [0, 0.05) is 18.1 Å². The number of hydrogen-bond acceptors (Lipinski definition) is 4. The van der Waals surface area contributed by atoms with Gasteiger partial charge >= 0.3 is 0 Å². The molecule has 9 heteroatoms. The lowest BCUT2D eigenvalue weighted by atomic mass is 10.1. The second-order valence-electron chi connectivity index (χ2n) is 7.48. The molecule has 32 heavy (non-hydrogen) atoms. The number of carbonyl (C=O) groups is 2. The van der Waals surface area contributed by atoms with Crippen LogP contribution in [0, 0.1) is 6.92 Å². The number of amides is 2. The summed E-state index contributed by atoms with van der Waals surface area (Å²) in [4.78, 5) is 27.6. The Balaban J connectivity index is 2.45. The summed E-state index contributed by atoms with van der Waals surface area (Å²) < 4.78 is 26.3. The van der Waals surface area contributed by atoms with Crippen LogP contribution in [-0.2, 0) is 26.2 Å². The predicted octanol–water partition coefficient (Wildman–Crippen LogP) is 3.36. The van der Waals surface area contributed by atoms with Crippen LogP contribution in [0.4, 0.5) is 5.69 Å². The van der Waals surface area contributed by atoms with Gasteiger partial charge in [-0.2, -0.15) is 0 Å². The molecule has 2 rings (SSSR count). The molecule has 0 aliphatic rings. The smallest absolute Gasteiger partial charge is 0.244 e. The van der Waals surface area contributed by atoms with E-state index in [2.05, 4.69) is 5.32 Å². The van der Waals surface area contributed by atoms with Gasteiger partial charge in [0.05, 0.1) is 11.9 Å². The monoisotopic (exact) mass is 479 g/mol. The number of rotatable bonds is 10. The first-order valence-corrected chi connectivity index (χ1v) is 12.7. The molecule has 0 heterocycles. The Kier molecular flexibility index (Phi) is 9.09. The SMILES string of the molecule is CCNC(=O)C(CC)N(Cc1ccccc1)C(=O)CN(c1cccc(Cl)c1C)S(C)(=O)=O. The first-order chi connectivity index (χ1) is 15.1. The van der Waals surface area contributed by atoms with Crippen molar-refractivity contribution in [2.75, 3.05) is 23.7 Å². The third-order valence-electron chi connectivity index (χ3n) is 5.12. The van der Waals surface area contributed by atoms with Crippen LogP contribution in [0.5, 0.6) is 0 Å². The van der Waals surface area contributed by atoms with E-state index in [4.69, 9.17) is 11.6 Å². The van der Waals surface area contributed by atoms with Crippen LogP contribution in [0.25, 0.3) is 0 Å². The Morgan fingerprint density at radius 3 is 2.28 bits per heavy atom. The number of carbonyl (C=O) groups excluding carboxylic acids is 2. The molecule has 0 aromatic heterocycles. The zero-order valence-electron chi connectivity index (χ0n) is 18.8. The number of nitrogens with zero attached hydrogens (tertiary/aromatic N) is 2. The second-order valence-corrected chi connectivity index (χ2v) is 9.79. The lowest BCUT2D eigenvalue weighted by Crippen LogP contribution is -2.52. The quantitative estimate of drug-likeness (QED) is 0.566. The third kappa shape index (κ3) is 6.46. The minimum atomic E-state index is -3.79. The summed E-state index contributed by atoms with van der Waals surface area (Å²) in [5.74, 6) is -0.749. The summed E-state index contributed by atoms with van der Waals surface area (Å²) >= 11 is 6.19. The highest BCUT2D eigenvalue weighted by molar-refractivity contribution is 7.92. The van der Waals surface area contributed by atoms with Gasteiger partial charge in [-0.1, -0.05) is 54.9 Å². The Hall–Kier alpha value is -2.58. The first kappa shape index (κ1) is 25.7. The summed E-state index contributed by atoms with van der Waals surface area (Å²) in [5, 5.41) is 3.17. The van der Waals surface area contributed by atoms with E-state index in [9.17, 15) is 18.0 Å². The van der Waals surface area contributed by atoms with Crippen LogP contribution in [-0.4, -0.2) is 50.5 Å². The molecule has 0 radical (unpaired) electrons. The average Bonchev–Trinajstić information content (AvgIpc) is 2.74. The predicted molar refractivity (Wildman–Crippen MR) is 128 cm³/mol. The Morgan fingerprint density at radius 1 is 1.06 bits per heavy atom. The normalized spacial score (nSPS) is 12.2. The molecule has 1 atom stereocenters. The molecule has 2 aromatic carbocycles. The maximum absolute atomic E-state index is 13.5. The Morgan fingerprint density at radius 2 is 1.72 bits per heavy atom. The maximum Gasteiger partial charge on any atom is 0.244 e. The standard InChI is InChI=1S/C23H30ClN3O4S/c1-5-20(23(29)25-6-2)26(15-18-11-8-7-9-12-18)22(28)16-27(32(4,30)31)21-14-10-13-19(24)17(21)3/h7-14,20H,5-6,15-16H2,1-4H3,(H,25,29). The van der Waals surface area contributed by atoms with Crippen molar-refractivity contribution in [1.82, 2.24) is 10.2 Å². The number of anilines is 1. The summed E-state index contributed by atoms with van der Waals surface area (Å²) in [5.41, 5.74) is 1.73. The van der Waals surface area contributed by atoms with Crippen molar-refractivity contribution in [1.29, 1.82) is 0 Å². The van der Waals surface area contributed by atoms with Gasteiger partial charge in [-0.15, -0.1) is 0 Å². The van der Waals surface area contributed by atoms with Gasteiger partial charge in [-0.25, -0.2) is 8.42 Å². The molecule has 0 aliphatic carbocycles. The van der Waals surface area contributed by atoms with Gasteiger partial charge in [0.25, 0.3) is 0 Å². The van der Waals surface area contributed by atoms with Gasteiger partial charge in [-0.3, -0.25) is 13.9 Å². The van der Waals surface area contributed by atoms with E-state index in [0.29, 0.717) is 29.2 Å². The summed E-state index contributed by atoms with van der Waals surface area (Å²) in [7, 11) is -3.79. The second kappa shape index (κ2) is 11.3. The highest BCUT2D eigenvalue weighted by atomic mass is 35.5. The Labute approximate surface area is 195 Å². The van der Waals surface area contributed by atoms with Crippen LogP contribution in [0.15, 0.2) is 48.5 Å². The molecule has 174 valence electrons. The number of sulfonamides is 1. The van der Waals surface area contributed by atoms with Crippen LogP contribution in [0.2, 0.25) is 5.02 Å². The molecule has 0 spiro atoms. The highest BCUT2D eigenvalue weighted by Crippen LogP contribution is 2.28. The van der Waals surface area contributed by atoms with E-state index < -0.39 is 28.5 Å². The third-order valence-corrected chi connectivity index (χ3v) is 6.66. The molecule has 0 fully saturated rings. The molecule has 2 aromatic rings. The number of likely N-dealkylation sites (N-methyl/N-ethyl adjacent to an activating group) is 1. The van der Waals surface area contributed by atoms with Gasteiger partial charge < -0.3 is 10.2 Å². The topological polar surface area (TPSA) is 86.8 Å². The first-order valence-electron chi connectivity index (χ1n) is 10.4. The fourth-order valence-electron chi connectivity index (χ4n) is 3.45. The molecule has 0 aliphatic heterocycles. The van der Waals surface area contributed by atoms with E-state index >= 15 is 0 Å². The fourth-order valence-corrected chi connectivity index (χ4v) is 4.52. The number of benzene rings is 2. The van der Waals surface area contributed by atoms with Gasteiger partial charge in [0.15, 0.2) is 0 Å². The van der Waals surface area contributed by atoms with E-state index in [0.717, 1.165) is 16.1 Å². The van der Waals surface area contributed by atoms with E-state index in [1.807, 2.05) is 37.3 Å². The molecule has 7 nitrogen and oxygen atoms in total. The molecular weight excluding hydrogens is 450 g/mol. The van der Waals surface area contributed by atoms with Crippen molar-refractivity contribution in [2.24, 2.45) is 0 Å². The zero-order chi connectivity index (χ0) is 23.9. The van der Waals surface area contributed by atoms with Gasteiger partial charge in [-0.05, 0) is 43.5 Å². The minimum Gasteiger partial charge on any atom is -0.355 e. The molecular formula is C23H30ClN3O4S. The van der Waals surface area contributed by atoms with Crippen LogP contribution in [0.3, 0.4) is 0 Å². The summed E-state index contributed by atoms with van der Waals surface area (Å²) in [6.45, 7) is 5.50. The van der Waals surface area contributed by atoms with Crippen molar-refractivity contribution in [3.8, 4) is 0 Å². The molecule has 0 saturated heterocycles. The van der Waals surface area contributed by atoms with Gasteiger partial charge in [0.2, 0.25) is 21.8 Å².